The van der Waals surface area contributed by atoms with E-state index in [9.17, 15) is 18.8 Å². The van der Waals surface area contributed by atoms with Gasteiger partial charge in [0, 0.05) is 18.7 Å². The third kappa shape index (κ3) is 4.46. The van der Waals surface area contributed by atoms with Crippen LogP contribution in [-0.2, 0) is 19.1 Å². The molecule has 146 valence electrons. The van der Waals surface area contributed by atoms with Crippen molar-refractivity contribution in [2.45, 2.75) is 6.42 Å². The van der Waals surface area contributed by atoms with E-state index in [1.165, 1.54) is 36.3 Å². The Balaban J connectivity index is 1.53. The number of nitrogens with zero attached hydrogens (tertiary/aromatic N) is 1. The number of methoxy groups -OCH3 is 1. The van der Waals surface area contributed by atoms with Crippen molar-refractivity contribution < 1.29 is 28.2 Å². The fourth-order valence-electron chi connectivity index (χ4n) is 2.92. The lowest BCUT2D eigenvalue weighted by molar-refractivity contribution is -0.151. The van der Waals surface area contributed by atoms with Crippen molar-refractivity contribution in [1.29, 1.82) is 0 Å². The molecule has 1 atom stereocenters. The molecule has 1 heterocycles. The van der Waals surface area contributed by atoms with E-state index in [1.807, 2.05) is 0 Å². The molecule has 1 aliphatic rings. The minimum absolute atomic E-state index is 0.0235. The summed E-state index contributed by atoms with van der Waals surface area (Å²) in [6, 6.07) is 12.3. The Hall–Kier alpha value is -3.42. The fraction of sp³-hybridized carbons (Fsp3) is 0.250. The van der Waals surface area contributed by atoms with Crippen molar-refractivity contribution in [2.24, 2.45) is 5.92 Å². The normalized spacial score (nSPS) is 16.0. The average Bonchev–Trinajstić information content (AvgIpc) is 3.09. The number of anilines is 2. The number of carbonyl (C=O) groups excluding carboxylic acids is 3. The molecular weight excluding hydrogens is 367 g/mol. The number of nitrogens with one attached hydrogen (secondary N) is 1. The maximum absolute atomic E-state index is 13.0. The zero-order chi connectivity index (χ0) is 20.1. The molecule has 1 aliphatic heterocycles. The fourth-order valence-corrected chi connectivity index (χ4v) is 2.92. The molecule has 0 unspecified atom stereocenters. The summed E-state index contributed by atoms with van der Waals surface area (Å²) in [5.41, 5.74) is 0.972. The van der Waals surface area contributed by atoms with E-state index in [1.54, 1.807) is 24.3 Å². The van der Waals surface area contributed by atoms with Crippen molar-refractivity contribution in [1.82, 2.24) is 0 Å². The topological polar surface area (TPSA) is 84.9 Å². The molecular formula is C20H19FN2O5. The molecule has 2 amide bonds. The van der Waals surface area contributed by atoms with Gasteiger partial charge in [-0.05, 0) is 36.4 Å². The van der Waals surface area contributed by atoms with E-state index >= 15 is 0 Å². The van der Waals surface area contributed by atoms with Gasteiger partial charge in [-0.2, -0.15) is 0 Å². The van der Waals surface area contributed by atoms with Crippen LogP contribution in [-0.4, -0.2) is 38.0 Å². The third-order valence-corrected chi connectivity index (χ3v) is 4.32. The highest BCUT2D eigenvalue weighted by atomic mass is 19.1. The van der Waals surface area contributed by atoms with Gasteiger partial charge in [0.25, 0.3) is 5.91 Å². The smallest absolute Gasteiger partial charge is 0.311 e. The number of amides is 2. The highest BCUT2D eigenvalue weighted by molar-refractivity contribution is 6.00. The average molecular weight is 386 g/mol. The standard InChI is InChI=1S/C20H19FN2O5/c1-27-17-5-3-2-4-16(17)22-18(24)12-28-20(26)13-10-19(25)23(11-13)15-8-6-14(21)7-9-15/h2-9,13H,10-12H2,1H3,(H,22,24)/t13-/m0/s1. The molecule has 2 aromatic rings. The molecule has 2 aromatic carbocycles. The van der Waals surface area contributed by atoms with Crippen LogP contribution in [0.25, 0.3) is 0 Å². The van der Waals surface area contributed by atoms with Gasteiger partial charge in [0.2, 0.25) is 5.91 Å². The maximum atomic E-state index is 13.0. The van der Waals surface area contributed by atoms with Crippen LogP contribution in [0.15, 0.2) is 48.5 Å². The van der Waals surface area contributed by atoms with Crippen LogP contribution in [0, 0.1) is 11.7 Å². The molecule has 1 saturated heterocycles. The van der Waals surface area contributed by atoms with E-state index < -0.39 is 30.2 Å². The summed E-state index contributed by atoms with van der Waals surface area (Å²) < 4.78 is 23.2. The Morgan fingerprint density at radius 2 is 1.89 bits per heavy atom. The largest absolute Gasteiger partial charge is 0.495 e. The van der Waals surface area contributed by atoms with Crippen LogP contribution in [0.4, 0.5) is 15.8 Å². The van der Waals surface area contributed by atoms with E-state index in [0.717, 1.165) is 0 Å². The minimum atomic E-state index is -0.684. The van der Waals surface area contributed by atoms with E-state index in [0.29, 0.717) is 17.1 Å². The lowest BCUT2D eigenvalue weighted by Crippen LogP contribution is -2.28. The summed E-state index contributed by atoms with van der Waals surface area (Å²) in [6.07, 6.45) is -0.0235. The lowest BCUT2D eigenvalue weighted by atomic mass is 10.1. The number of ether oxygens (including phenoxy) is 2. The maximum Gasteiger partial charge on any atom is 0.311 e. The first-order chi connectivity index (χ1) is 13.5. The number of esters is 1. The highest BCUT2D eigenvalue weighted by Crippen LogP contribution is 2.26. The molecule has 28 heavy (non-hydrogen) atoms. The molecule has 1 fully saturated rings. The summed E-state index contributed by atoms with van der Waals surface area (Å²) in [5.74, 6) is -2.01. The molecule has 3 rings (SSSR count). The van der Waals surface area contributed by atoms with E-state index in [2.05, 4.69) is 5.32 Å². The van der Waals surface area contributed by atoms with Gasteiger partial charge in [0.05, 0.1) is 18.7 Å². The molecule has 8 heteroatoms. The Morgan fingerprint density at radius 1 is 1.18 bits per heavy atom. The van der Waals surface area contributed by atoms with Gasteiger partial charge in [0.15, 0.2) is 6.61 Å². The van der Waals surface area contributed by atoms with E-state index in [4.69, 9.17) is 9.47 Å². The zero-order valence-electron chi connectivity index (χ0n) is 15.2. The van der Waals surface area contributed by atoms with Crippen LogP contribution in [0.1, 0.15) is 6.42 Å². The summed E-state index contributed by atoms with van der Waals surface area (Å²) in [5, 5.41) is 2.60. The van der Waals surface area contributed by atoms with Crippen molar-refractivity contribution in [3.63, 3.8) is 0 Å². The monoisotopic (exact) mass is 386 g/mol. The summed E-state index contributed by atoms with van der Waals surface area (Å²) >= 11 is 0. The van der Waals surface area contributed by atoms with Gasteiger partial charge in [-0.3, -0.25) is 14.4 Å². The van der Waals surface area contributed by atoms with Crippen molar-refractivity contribution in [3.05, 3.63) is 54.3 Å². The Bertz CT molecular complexity index is 884. The molecule has 0 saturated carbocycles. The van der Waals surface area contributed by atoms with Crippen molar-refractivity contribution >= 4 is 29.2 Å². The third-order valence-electron chi connectivity index (χ3n) is 4.32. The van der Waals surface area contributed by atoms with Gasteiger partial charge < -0.3 is 19.7 Å². The predicted molar refractivity (Wildman–Crippen MR) is 99.4 cm³/mol. The Labute approximate surface area is 161 Å². The number of hydrogen-bond donors (Lipinski definition) is 1. The van der Waals surface area contributed by atoms with Crippen LogP contribution >= 0.6 is 0 Å². The van der Waals surface area contributed by atoms with Gasteiger partial charge >= 0.3 is 5.97 Å². The molecule has 0 aromatic heterocycles. The highest BCUT2D eigenvalue weighted by Gasteiger charge is 2.36. The number of carbonyl (C=O) groups is 3. The van der Waals surface area contributed by atoms with Gasteiger partial charge in [-0.15, -0.1) is 0 Å². The zero-order valence-corrected chi connectivity index (χ0v) is 15.2. The van der Waals surface area contributed by atoms with Crippen LogP contribution < -0.4 is 15.0 Å². The first-order valence-electron chi connectivity index (χ1n) is 8.63. The number of hydrogen-bond acceptors (Lipinski definition) is 5. The second kappa shape index (κ2) is 8.51. The number of rotatable bonds is 6. The second-order valence-electron chi connectivity index (χ2n) is 6.24. The molecule has 0 bridgehead atoms. The molecule has 0 aliphatic carbocycles. The molecule has 0 spiro atoms. The van der Waals surface area contributed by atoms with Gasteiger partial charge in [-0.25, -0.2) is 4.39 Å². The first-order valence-corrected chi connectivity index (χ1v) is 8.63. The predicted octanol–water partition coefficient (Wildman–Crippen LogP) is 2.37. The molecule has 1 N–H and O–H groups in total. The second-order valence-corrected chi connectivity index (χ2v) is 6.24. The summed E-state index contributed by atoms with van der Waals surface area (Å²) in [4.78, 5) is 37.8. The lowest BCUT2D eigenvalue weighted by Gasteiger charge is -2.16. The van der Waals surface area contributed by atoms with Crippen LogP contribution in [0.2, 0.25) is 0 Å². The quantitative estimate of drug-likeness (QED) is 0.771. The van der Waals surface area contributed by atoms with Gasteiger partial charge in [-0.1, -0.05) is 12.1 Å². The summed E-state index contributed by atoms with van der Waals surface area (Å²) in [7, 11) is 1.48. The molecule has 7 nitrogen and oxygen atoms in total. The van der Waals surface area contributed by atoms with Gasteiger partial charge in [0.1, 0.15) is 11.6 Å². The van der Waals surface area contributed by atoms with Crippen molar-refractivity contribution in [2.75, 3.05) is 30.5 Å². The Kier molecular flexibility index (Phi) is 5.88. The minimum Gasteiger partial charge on any atom is -0.495 e. The van der Waals surface area contributed by atoms with E-state index in [-0.39, 0.29) is 18.9 Å². The van der Waals surface area contributed by atoms with Crippen LogP contribution in [0.3, 0.4) is 0 Å². The number of benzene rings is 2. The first kappa shape index (κ1) is 19.3. The van der Waals surface area contributed by atoms with Crippen molar-refractivity contribution in [3.8, 4) is 5.75 Å². The number of halogens is 1. The van der Waals surface area contributed by atoms with Crippen LogP contribution in [0.5, 0.6) is 5.75 Å². The summed E-state index contributed by atoms with van der Waals surface area (Å²) in [6.45, 7) is -0.352. The Morgan fingerprint density at radius 3 is 2.61 bits per heavy atom. The SMILES string of the molecule is COc1ccccc1NC(=O)COC(=O)[C@H]1CC(=O)N(c2ccc(F)cc2)C1. The molecule has 0 radical (unpaired) electrons. The number of para-hydroxylation sites is 2.